The first-order chi connectivity index (χ1) is 5.66. The molecule has 1 aromatic rings. The molecule has 12 heavy (non-hydrogen) atoms. The summed E-state index contributed by atoms with van der Waals surface area (Å²) in [5.74, 6) is 0. The second-order valence-corrected chi connectivity index (χ2v) is 2.88. The van der Waals surface area contributed by atoms with Crippen LogP contribution in [0.2, 0.25) is 0 Å². The van der Waals surface area contributed by atoms with Crippen molar-refractivity contribution in [2.45, 2.75) is 20.8 Å². The zero-order valence-corrected chi connectivity index (χ0v) is 7.60. The number of nitrogens with zero attached hydrogens (tertiary/aromatic N) is 1. The van der Waals surface area contributed by atoms with E-state index in [0.717, 1.165) is 11.3 Å². The number of rotatable bonds is 1. The molecule has 0 fully saturated rings. The minimum atomic E-state index is 1.12. The number of hydrogen-bond acceptors (Lipinski definition) is 1. The molecule has 0 aliphatic heterocycles. The van der Waals surface area contributed by atoms with Crippen molar-refractivity contribution in [3.8, 4) is 6.07 Å². The van der Waals surface area contributed by atoms with Crippen LogP contribution in [0.25, 0.3) is 6.08 Å². The lowest BCUT2D eigenvalue weighted by Gasteiger charge is -1.91. The Hall–Kier alpha value is -1.49. The van der Waals surface area contributed by atoms with Crippen molar-refractivity contribution in [3.05, 3.63) is 28.6 Å². The molecule has 0 saturated heterocycles. The van der Waals surface area contributed by atoms with Gasteiger partial charge in [0, 0.05) is 17.5 Å². The van der Waals surface area contributed by atoms with E-state index in [2.05, 4.69) is 11.9 Å². The molecule has 0 aromatic carbocycles. The Kier molecular flexibility index (Phi) is 2.35. The topological polar surface area (TPSA) is 39.6 Å². The fourth-order valence-corrected chi connectivity index (χ4v) is 1.30. The van der Waals surface area contributed by atoms with Crippen molar-refractivity contribution < 1.29 is 0 Å². The number of nitriles is 1. The normalized spacial score (nSPS) is 10.5. The van der Waals surface area contributed by atoms with E-state index in [1.807, 2.05) is 26.0 Å². The van der Waals surface area contributed by atoms with Crippen molar-refractivity contribution in [2.75, 3.05) is 0 Å². The molecule has 1 aromatic heterocycles. The third kappa shape index (κ3) is 1.40. The number of aryl methyl sites for hydroxylation is 2. The van der Waals surface area contributed by atoms with E-state index in [0.29, 0.717) is 0 Å². The molecule has 0 unspecified atom stereocenters. The first kappa shape index (κ1) is 8.61. The second-order valence-electron chi connectivity index (χ2n) is 2.88. The highest BCUT2D eigenvalue weighted by Crippen LogP contribution is 2.17. The summed E-state index contributed by atoms with van der Waals surface area (Å²) >= 11 is 0. The lowest BCUT2D eigenvalue weighted by molar-refractivity contribution is 1.17. The van der Waals surface area contributed by atoms with Crippen LogP contribution in [0.5, 0.6) is 0 Å². The Balaban J connectivity index is 3.16. The molecule has 0 aliphatic carbocycles. The van der Waals surface area contributed by atoms with Crippen LogP contribution < -0.4 is 0 Å². The highest BCUT2D eigenvalue weighted by Gasteiger charge is 2.03. The standard InChI is InChI=1S/C10H12N2/c1-7-8(2)12-9(3)10(7)5-4-6-11/h4-5,12H,1-3H3/b5-4+. The van der Waals surface area contributed by atoms with Crippen molar-refractivity contribution in [3.63, 3.8) is 0 Å². The van der Waals surface area contributed by atoms with Crippen molar-refractivity contribution >= 4 is 6.08 Å². The number of H-pyrrole nitrogens is 1. The van der Waals surface area contributed by atoms with E-state index in [4.69, 9.17) is 5.26 Å². The molecule has 2 heteroatoms. The Morgan fingerprint density at radius 3 is 2.33 bits per heavy atom. The molecule has 1 rings (SSSR count). The summed E-state index contributed by atoms with van der Waals surface area (Å²) in [6, 6.07) is 1.99. The Labute approximate surface area is 72.5 Å². The molecular weight excluding hydrogens is 148 g/mol. The third-order valence-corrected chi connectivity index (χ3v) is 2.07. The van der Waals surface area contributed by atoms with E-state index in [1.165, 1.54) is 17.3 Å². The van der Waals surface area contributed by atoms with Crippen LogP contribution in [0.4, 0.5) is 0 Å². The van der Waals surface area contributed by atoms with E-state index in [9.17, 15) is 0 Å². The second kappa shape index (κ2) is 3.27. The lowest BCUT2D eigenvalue weighted by atomic mass is 10.1. The van der Waals surface area contributed by atoms with Crippen LogP contribution in [-0.2, 0) is 0 Å². The Morgan fingerprint density at radius 1 is 1.25 bits per heavy atom. The predicted octanol–water partition coefficient (Wildman–Crippen LogP) is 2.48. The van der Waals surface area contributed by atoms with Gasteiger partial charge in [-0.2, -0.15) is 5.26 Å². The monoisotopic (exact) mass is 160 g/mol. The van der Waals surface area contributed by atoms with E-state index in [1.54, 1.807) is 0 Å². The lowest BCUT2D eigenvalue weighted by Crippen LogP contribution is -1.75. The first-order valence-electron chi connectivity index (χ1n) is 3.88. The molecule has 0 radical (unpaired) electrons. The van der Waals surface area contributed by atoms with Gasteiger partial charge in [-0.05, 0) is 38.0 Å². The van der Waals surface area contributed by atoms with E-state index < -0.39 is 0 Å². The summed E-state index contributed by atoms with van der Waals surface area (Å²) in [7, 11) is 0. The summed E-state index contributed by atoms with van der Waals surface area (Å²) in [5, 5.41) is 8.37. The van der Waals surface area contributed by atoms with Gasteiger partial charge >= 0.3 is 0 Å². The smallest absolute Gasteiger partial charge is 0.0912 e. The summed E-state index contributed by atoms with van der Waals surface area (Å²) in [6.45, 7) is 6.10. The minimum absolute atomic E-state index is 1.12. The van der Waals surface area contributed by atoms with Crippen LogP contribution in [0, 0.1) is 32.1 Å². The average molecular weight is 160 g/mol. The first-order valence-corrected chi connectivity index (χ1v) is 3.88. The molecule has 1 N–H and O–H groups in total. The van der Waals surface area contributed by atoms with Gasteiger partial charge in [0.25, 0.3) is 0 Å². The molecule has 0 bridgehead atoms. The van der Waals surface area contributed by atoms with E-state index >= 15 is 0 Å². The van der Waals surface area contributed by atoms with Gasteiger partial charge in [0.2, 0.25) is 0 Å². The maximum absolute atomic E-state index is 8.37. The molecule has 0 aliphatic rings. The van der Waals surface area contributed by atoms with Crippen molar-refractivity contribution in [1.29, 1.82) is 5.26 Å². The predicted molar refractivity (Wildman–Crippen MR) is 49.7 cm³/mol. The molecule has 2 nitrogen and oxygen atoms in total. The van der Waals surface area contributed by atoms with Crippen molar-refractivity contribution in [1.82, 2.24) is 4.98 Å². The fourth-order valence-electron chi connectivity index (χ4n) is 1.30. The zero-order valence-electron chi connectivity index (χ0n) is 7.60. The largest absolute Gasteiger partial charge is 0.362 e. The maximum atomic E-state index is 8.37. The van der Waals surface area contributed by atoms with Crippen LogP contribution in [0.3, 0.4) is 0 Å². The fraction of sp³-hybridized carbons (Fsp3) is 0.300. The molecule has 0 saturated carbocycles. The zero-order chi connectivity index (χ0) is 9.14. The minimum Gasteiger partial charge on any atom is -0.362 e. The highest BCUT2D eigenvalue weighted by molar-refractivity contribution is 5.59. The average Bonchev–Trinajstić information content (AvgIpc) is 2.25. The van der Waals surface area contributed by atoms with Gasteiger partial charge in [-0.15, -0.1) is 0 Å². The van der Waals surface area contributed by atoms with Gasteiger partial charge in [-0.1, -0.05) is 0 Å². The third-order valence-electron chi connectivity index (χ3n) is 2.07. The molecule has 1 heterocycles. The number of hydrogen-bond donors (Lipinski definition) is 1. The number of allylic oxidation sites excluding steroid dienone is 1. The SMILES string of the molecule is Cc1[nH]c(C)c(/C=C/C#N)c1C. The molecule has 0 amide bonds. The number of aromatic amines is 1. The molecular formula is C10H12N2. The van der Waals surface area contributed by atoms with Crippen molar-refractivity contribution in [2.24, 2.45) is 0 Å². The van der Waals surface area contributed by atoms with Gasteiger partial charge in [0.15, 0.2) is 0 Å². The van der Waals surface area contributed by atoms with E-state index in [-0.39, 0.29) is 0 Å². The summed E-state index contributed by atoms with van der Waals surface area (Å²) in [5.41, 5.74) is 4.65. The van der Waals surface area contributed by atoms with Gasteiger partial charge in [-0.25, -0.2) is 0 Å². The molecule has 0 spiro atoms. The van der Waals surface area contributed by atoms with Crippen LogP contribution in [-0.4, -0.2) is 4.98 Å². The van der Waals surface area contributed by atoms with Crippen LogP contribution in [0.15, 0.2) is 6.08 Å². The summed E-state index contributed by atoms with van der Waals surface area (Å²) < 4.78 is 0. The quantitative estimate of drug-likeness (QED) is 0.630. The highest BCUT2D eigenvalue weighted by atomic mass is 14.7. The van der Waals surface area contributed by atoms with Gasteiger partial charge < -0.3 is 4.98 Å². The van der Waals surface area contributed by atoms with Gasteiger partial charge in [-0.3, -0.25) is 0 Å². The summed E-state index contributed by atoms with van der Waals surface area (Å²) in [4.78, 5) is 3.22. The Morgan fingerprint density at radius 2 is 1.92 bits per heavy atom. The van der Waals surface area contributed by atoms with Crippen LogP contribution >= 0.6 is 0 Å². The molecule has 62 valence electrons. The summed E-state index contributed by atoms with van der Waals surface area (Å²) in [6.07, 6.45) is 3.34. The Bertz CT molecular complexity index is 351. The van der Waals surface area contributed by atoms with Gasteiger partial charge in [0.05, 0.1) is 6.07 Å². The van der Waals surface area contributed by atoms with Crippen LogP contribution in [0.1, 0.15) is 22.5 Å². The number of nitrogens with one attached hydrogen (secondary N) is 1. The maximum Gasteiger partial charge on any atom is 0.0912 e. The molecule has 0 atom stereocenters. The number of aromatic nitrogens is 1. The van der Waals surface area contributed by atoms with Gasteiger partial charge in [0.1, 0.15) is 0 Å².